The highest BCUT2D eigenvalue weighted by molar-refractivity contribution is 5.68. The minimum atomic E-state index is -0.406. The summed E-state index contributed by atoms with van der Waals surface area (Å²) in [7, 11) is 4.48. The third kappa shape index (κ3) is 1.92. The molecule has 13 heavy (non-hydrogen) atoms. The molecule has 0 aromatic heterocycles. The summed E-state index contributed by atoms with van der Waals surface area (Å²) in [5, 5.41) is 0. The molecule has 1 rings (SSSR count). The number of carbonyl (C=O) groups is 1. The second-order valence-electron chi connectivity index (χ2n) is 2.84. The lowest BCUT2D eigenvalue weighted by molar-refractivity contribution is -0.0741. The minimum absolute atomic E-state index is 0.225. The molecule has 76 valence electrons. The Morgan fingerprint density at radius 3 is 1.92 bits per heavy atom. The number of hydrogen-bond acceptors (Lipinski definition) is 4. The molecule has 1 saturated heterocycles. The van der Waals surface area contributed by atoms with Crippen LogP contribution in [0.25, 0.3) is 0 Å². The Labute approximate surface area is 77.6 Å². The summed E-state index contributed by atoms with van der Waals surface area (Å²) in [4.78, 5) is 12.8. The van der Waals surface area contributed by atoms with Crippen molar-refractivity contribution in [2.75, 3.05) is 21.3 Å². The number of amides is 1. The average Bonchev–Trinajstić information content (AvgIpc) is 2.59. The standard InChI is InChI=1S/C8H15NO4/c1-11-6-4-5-7(12-2)9(6)8(10)13-3/h6-7H,4-5H2,1-3H3. The van der Waals surface area contributed by atoms with Gasteiger partial charge in [0.25, 0.3) is 0 Å². The van der Waals surface area contributed by atoms with Gasteiger partial charge in [-0.2, -0.15) is 0 Å². The highest BCUT2D eigenvalue weighted by atomic mass is 16.6. The molecule has 1 aliphatic heterocycles. The van der Waals surface area contributed by atoms with Crippen LogP contribution in [-0.4, -0.2) is 44.8 Å². The summed E-state index contributed by atoms with van der Waals surface area (Å²) < 4.78 is 14.9. The van der Waals surface area contributed by atoms with Gasteiger partial charge in [-0.3, -0.25) is 4.90 Å². The zero-order chi connectivity index (χ0) is 9.84. The SMILES string of the molecule is COC(=O)N1C(OC)CCC1OC. The minimum Gasteiger partial charge on any atom is -0.453 e. The summed E-state index contributed by atoms with van der Waals surface area (Å²) in [5.74, 6) is 0. The van der Waals surface area contributed by atoms with Gasteiger partial charge in [-0.25, -0.2) is 4.79 Å². The van der Waals surface area contributed by atoms with Gasteiger partial charge < -0.3 is 14.2 Å². The van der Waals surface area contributed by atoms with Gasteiger partial charge in [-0.15, -0.1) is 0 Å². The average molecular weight is 189 g/mol. The molecule has 5 nitrogen and oxygen atoms in total. The van der Waals surface area contributed by atoms with Crippen molar-refractivity contribution >= 4 is 6.09 Å². The Kier molecular flexibility index (Phi) is 3.50. The Balaban J connectivity index is 2.67. The topological polar surface area (TPSA) is 48.0 Å². The molecule has 1 amide bonds. The first kappa shape index (κ1) is 10.3. The molecule has 0 saturated carbocycles. The molecular weight excluding hydrogens is 174 g/mol. The number of ether oxygens (including phenoxy) is 3. The van der Waals surface area contributed by atoms with E-state index in [1.54, 1.807) is 14.2 Å². The number of carbonyl (C=O) groups excluding carboxylic acids is 1. The first-order valence-corrected chi connectivity index (χ1v) is 4.16. The van der Waals surface area contributed by atoms with E-state index in [2.05, 4.69) is 4.74 Å². The molecule has 0 spiro atoms. The highest BCUT2D eigenvalue weighted by Crippen LogP contribution is 2.25. The Hall–Kier alpha value is -0.810. The van der Waals surface area contributed by atoms with E-state index in [0.29, 0.717) is 0 Å². The molecule has 0 N–H and O–H groups in total. The molecule has 0 aromatic carbocycles. The number of nitrogens with zero attached hydrogens (tertiary/aromatic N) is 1. The van der Waals surface area contributed by atoms with E-state index >= 15 is 0 Å². The van der Waals surface area contributed by atoms with Crippen LogP contribution in [0.1, 0.15) is 12.8 Å². The first-order chi connectivity index (χ1) is 6.24. The van der Waals surface area contributed by atoms with E-state index < -0.39 is 6.09 Å². The summed E-state index contributed by atoms with van der Waals surface area (Å²) in [5.41, 5.74) is 0. The van der Waals surface area contributed by atoms with E-state index in [9.17, 15) is 4.79 Å². The van der Waals surface area contributed by atoms with Gasteiger partial charge in [-0.05, 0) is 12.8 Å². The van der Waals surface area contributed by atoms with E-state index in [4.69, 9.17) is 9.47 Å². The molecule has 2 unspecified atom stereocenters. The lowest BCUT2D eigenvalue weighted by atomic mass is 10.3. The zero-order valence-electron chi connectivity index (χ0n) is 8.15. The van der Waals surface area contributed by atoms with Crippen molar-refractivity contribution in [2.24, 2.45) is 0 Å². The van der Waals surface area contributed by atoms with Crippen molar-refractivity contribution in [1.29, 1.82) is 0 Å². The maximum absolute atomic E-state index is 11.3. The van der Waals surface area contributed by atoms with Crippen LogP contribution >= 0.6 is 0 Å². The molecule has 0 aliphatic carbocycles. The van der Waals surface area contributed by atoms with Crippen molar-refractivity contribution in [3.63, 3.8) is 0 Å². The lowest BCUT2D eigenvalue weighted by Crippen LogP contribution is -2.42. The number of rotatable bonds is 2. The predicted molar refractivity (Wildman–Crippen MR) is 45.1 cm³/mol. The smallest absolute Gasteiger partial charge is 0.413 e. The van der Waals surface area contributed by atoms with E-state index in [1.165, 1.54) is 12.0 Å². The lowest BCUT2D eigenvalue weighted by Gasteiger charge is -2.26. The van der Waals surface area contributed by atoms with Crippen LogP contribution < -0.4 is 0 Å². The fourth-order valence-corrected chi connectivity index (χ4v) is 1.55. The second-order valence-corrected chi connectivity index (χ2v) is 2.84. The van der Waals surface area contributed by atoms with Gasteiger partial charge in [0.2, 0.25) is 0 Å². The van der Waals surface area contributed by atoms with Gasteiger partial charge in [0.1, 0.15) is 12.5 Å². The molecule has 1 fully saturated rings. The van der Waals surface area contributed by atoms with Gasteiger partial charge in [0, 0.05) is 14.2 Å². The van der Waals surface area contributed by atoms with Crippen LogP contribution in [0.5, 0.6) is 0 Å². The highest BCUT2D eigenvalue weighted by Gasteiger charge is 2.37. The molecule has 0 radical (unpaired) electrons. The predicted octanol–water partition coefficient (Wildman–Crippen LogP) is 0.794. The molecule has 1 aliphatic rings. The second kappa shape index (κ2) is 4.43. The number of methoxy groups -OCH3 is 3. The summed E-state index contributed by atoms with van der Waals surface area (Å²) in [6, 6.07) is 0. The fourth-order valence-electron chi connectivity index (χ4n) is 1.55. The van der Waals surface area contributed by atoms with Crippen molar-refractivity contribution in [3.05, 3.63) is 0 Å². The maximum atomic E-state index is 11.3. The van der Waals surface area contributed by atoms with Crippen molar-refractivity contribution in [2.45, 2.75) is 25.3 Å². The summed E-state index contributed by atoms with van der Waals surface area (Å²) in [6.45, 7) is 0. The maximum Gasteiger partial charge on any atom is 0.413 e. The van der Waals surface area contributed by atoms with Crippen molar-refractivity contribution < 1.29 is 19.0 Å². The van der Waals surface area contributed by atoms with Crippen LogP contribution in [0.15, 0.2) is 0 Å². The Morgan fingerprint density at radius 1 is 1.15 bits per heavy atom. The van der Waals surface area contributed by atoms with Gasteiger partial charge >= 0.3 is 6.09 Å². The normalized spacial score (nSPS) is 27.8. The Morgan fingerprint density at radius 2 is 1.62 bits per heavy atom. The fraction of sp³-hybridized carbons (Fsp3) is 0.875. The zero-order valence-corrected chi connectivity index (χ0v) is 8.15. The first-order valence-electron chi connectivity index (χ1n) is 4.16. The van der Waals surface area contributed by atoms with Gasteiger partial charge in [0.15, 0.2) is 0 Å². The van der Waals surface area contributed by atoms with E-state index in [0.717, 1.165) is 12.8 Å². The monoisotopic (exact) mass is 189 g/mol. The molecule has 1 heterocycles. The Bertz CT molecular complexity index is 173. The van der Waals surface area contributed by atoms with E-state index in [1.807, 2.05) is 0 Å². The largest absolute Gasteiger partial charge is 0.453 e. The molecular formula is C8H15NO4. The molecule has 2 atom stereocenters. The van der Waals surface area contributed by atoms with Crippen LogP contribution in [0.2, 0.25) is 0 Å². The van der Waals surface area contributed by atoms with Gasteiger partial charge in [0.05, 0.1) is 7.11 Å². The van der Waals surface area contributed by atoms with Crippen LogP contribution in [-0.2, 0) is 14.2 Å². The molecule has 0 bridgehead atoms. The number of likely N-dealkylation sites (tertiary alicyclic amines) is 1. The van der Waals surface area contributed by atoms with Crippen molar-refractivity contribution in [1.82, 2.24) is 4.90 Å². The molecule has 5 heteroatoms. The van der Waals surface area contributed by atoms with Gasteiger partial charge in [-0.1, -0.05) is 0 Å². The third-order valence-electron chi connectivity index (χ3n) is 2.21. The summed E-state index contributed by atoms with van der Waals surface area (Å²) >= 11 is 0. The summed E-state index contributed by atoms with van der Waals surface area (Å²) in [6.07, 6.45) is 0.708. The van der Waals surface area contributed by atoms with Crippen LogP contribution in [0, 0.1) is 0 Å². The third-order valence-corrected chi connectivity index (χ3v) is 2.21. The quantitative estimate of drug-likeness (QED) is 0.644. The van der Waals surface area contributed by atoms with Crippen molar-refractivity contribution in [3.8, 4) is 0 Å². The van der Waals surface area contributed by atoms with Crippen LogP contribution in [0.4, 0.5) is 4.79 Å². The number of hydrogen-bond donors (Lipinski definition) is 0. The van der Waals surface area contributed by atoms with E-state index in [-0.39, 0.29) is 12.5 Å². The molecule has 0 aromatic rings. The van der Waals surface area contributed by atoms with Crippen LogP contribution in [0.3, 0.4) is 0 Å².